The highest BCUT2D eigenvalue weighted by molar-refractivity contribution is 7.99. The van der Waals surface area contributed by atoms with Crippen molar-refractivity contribution in [2.45, 2.75) is 37.1 Å². The van der Waals surface area contributed by atoms with Crippen LogP contribution >= 0.6 is 11.8 Å². The lowest BCUT2D eigenvalue weighted by Gasteiger charge is -2.26. The van der Waals surface area contributed by atoms with Gasteiger partial charge in [-0.25, -0.2) is 4.39 Å². The maximum absolute atomic E-state index is 13.9. The molecule has 0 saturated carbocycles. The molecule has 1 heterocycles. The number of amides is 1. The summed E-state index contributed by atoms with van der Waals surface area (Å²) in [6.45, 7) is 2.47. The first kappa shape index (κ1) is 19.4. The lowest BCUT2D eigenvalue weighted by molar-refractivity contribution is -0.121. The van der Waals surface area contributed by atoms with Crippen LogP contribution in [0.4, 0.5) is 4.39 Å². The molecule has 27 heavy (non-hydrogen) atoms. The van der Waals surface area contributed by atoms with Gasteiger partial charge in [0.1, 0.15) is 11.6 Å². The van der Waals surface area contributed by atoms with E-state index in [4.69, 9.17) is 4.74 Å². The molecule has 3 rings (SSSR count). The van der Waals surface area contributed by atoms with E-state index in [9.17, 15) is 14.0 Å². The molecule has 142 valence electrons. The molecule has 1 aliphatic rings. The molecular weight excluding hydrogens is 365 g/mol. The third-order valence-electron chi connectivity index (χ3n) is 4.43. The molecule has 1 N–H and O–H groups in total. The molecule has 1 unspecified atom stereocenters. The van der Waals surface area contributed by atoms with E-state index in [1.54, 1.807) is 30.3 Å². The van der Waals surface area contributed by atoms with Crippen LogP contribution in [0.5, 0.6) is 5.75 Å². The van der Waals surface area contributed by atoms with Crippen LogP contribution in [0, 0.1) is 5.82 Å². The molecule has 0 aliphatic carbocycles. The van der Waals surface area contributed by atoms with Gasteiger partial charge in [0.2, 0.25) is 5.91 Å². The maximum Gasteiger partial charge on any atom is 0.220 e. The minimum Gasteiger partial charge on any atom is -0.494 e. The monoisotopic (exact) mass is 387 g/mol. The average molecular weight is 387 g/mol. The van der Waals surface area contributed by atoms with E-state index in [0.717, 1.165) is 17.7 Å². The van der Waals surface area contributed by atoms with Crippen molar-refractivity contribution in [3.8, 4) is 5.75 Å². The predicted octanol–water partition coefficient (Wildman–Crippen LogP) is 4.54. The van der Waals surface area contributed by atoms with Crippen LogP contribution in [0.25, 0.3) is 0 Å². The second kappa shape index (κ2) is 9.04. The van der Waals surface area contributed by atoms with E-state index in [1.807, 2.05) is 13.0 Å². The van der Waals surface area contributed by atoms with Crippen LogP contribution in [-0.4, -0.2) is 24.1 Å². The van der Waals surface area contributed by atoms with Gasteiger partial charge in [0.25, 0.3) is 0 Å². The highest BCUT2D eigenvalue weighted by Gasteiger charge is 2.24. The largest absolute Gasteiger partial charge is 0.494 e. The Labute approximate surface area is 162 Å². The van der Waals surface area contributed by atoms with Crippen LogP contribution in [0.3, 0.4) is 0 Å². The topological polar surface area (TPSA) is 55.4 Å². The van der Waals surface area contributed by atoms with Gasteiger partial charge in [0.15, 0.2) is 5.78 Å². The first-order chi connectivity index (χ1) is 13.1. The molecule has 0 saturated heterocycles. The molecule has 0 fully saturated rings. The van der Waals surface area contributed by atoms with Crippen molar-refractivity contribution in [2.24, 2.45) is 0 Å². The number of carbonyl (C=O) groups excluding carboxylic acids is 2. The van der Waals surface area contributed by atoms with Crippen LogP contribution in [0.1, 0.15) is 48.1 Å². The van der Waals surface area contributed by atoms with E-state index in [0.29, 0.717) is 22.8 Å². The molecule has 0 spiro atoms. The van der Waals surface area contributed by atoms with Crippen molar-refractivity contribution in [2.75, 3.05) is 12.4 Å². The number of ether oxygens (including phenoxy) is 1. The Balaban J connectivity index is 1.54. The first-order valence-corrected chi connectivity index (χ1v) is 10.0. The number of hydrogen-bond donors (Lipinski definition) is 1. The second-order valence-corrected chi connectivity index (χ2v) is 7.40. The van der Waals surface area contributed by atoms with E-state index in [1.165, 1.54) is 17.8 Å². The molecule has 0 radical (unpaired) electrons. The number of thioether (sulfide) groups is 1. The Morgan fingerprint density at radius 1 is 1.19 bits per heavy atom. The fraction of sp³-hybridized carbons (Fsp3) is 0.333. The number of ketones is 1. The van der Waals surface area contributed by atoms with Gasteiger partial charge in [-0.2, -0.15) is 0 Å². The summed E-state index contributed by atoms with van der Waals surface area (Å²) in [7, 11) is 0. The van der Waals surface area contributed by atoms with Crippen molar-refractivity contribution >= 4 is 23.5 Å². The number of hydrogen-bond acceptors (Lipinski definition) is 4. The van der Waals surface area contributed by atoms with Gasteiger partial charge in [-0.1, -0.05) is 12.1 Å². The van der Waals surface area contributed by atoms with E-state index in [-0.39, 0.29) is 36.4 Å². The Morgan fingerprint density at radius 2 is 1.96 bits per heavy atom. The second-order valence-electron chi connectivity index (χ2n) is 6.30. The van der Waals surface area contributed by atoms with E-state index in [2.05, 4.69) is 5.32 Å². The standard InChI is InChI=1S/C21H22FNO3S/c1-2-26-15-8-6-14(7-9-15)19(24)10-11-20(25)23-18-12-13-27-21-16(18)4-3-5-17(21)22/h3-9,18H,2,10-13H2,1H3,(H,23,25). The van der Waals surface area contributed by atoms with Crippen LogP contribution in [0.15, 0.2) is 47.4 Å². The normalized spacial score (nSPS) is 15.7. The van der Waals surface area contributed by atoms with E-state index >= 15 is 0 Å². The van der Waals surface area contributed by atoms with Crippen molar-refractivity contribution in [3.63, 3.8) is 0 Å². The summed E-state index contributed by atoms with van der Waals surface area (Å²) < 4.78 is 19.3. The zero-order chi connectivity index (χ0) is 19.2. The van der Waals surface area contributed by atoms with Gasteiger partial charge >= 0.3 is 0 Å². The smallest absolute Gasteiger partial charge is 0.220 e. The third kappa shape index (κ3) is 4.89. The summed E-state index contributed by atoms with van der Waals surface area (Å²) >= 11 is 1.48. The van der Waals surface area contributed by atoms with Crippen LogP contribution < -0.4 is 10.1 Å². The highest BCUT2D eigenvalue weighted by Crippen LogP contribution is 2.37. The maximum atomic E-state index is 13.9. The summed E-state index contributed by atoms with van der Waals surface area (Å²) in [5.41, 5.74) is 1.38. The molecule has 2 aromatic rings. The minimum absolute atomic E-state index is 0.0844. The third-order valence-corrected chi connectivity index (χ3v) is 5.59. The number of fused-ring (bicyclic) bond motifs is 1. The zero-order valence-corrected chi connectivity index (χ0v) is 16.0. The summed E-state index contributed by atoms with van der Waals surface area (Å²) in [6, 6.07) is 11.7. The van der Waals surface area contributed by atoms with Crippen LogP contribution in [0.2, 0.25) is 0 Å². The summed E-state index contributed by atoms with van der Waals surface area (Å²) in [6.07, 6.45) is 0.997. The lowest BCUT2D eigenvalue weighted by atomic mass is 10.0. The SMILES string of the molecule is CCOc1ccc(C(=O)CCC(=O)NC2CCSc3c(F)cccc32)cc1. The van der Waals surface area contributed by atoms with Gasteiger partial charge < -0.3 is 10.1 Å². The molecule has 2 aromatic carbocycles. The van der Waals surface area contributed by atoms with Crippen LogP contribution in [-0.2, 0) is 4.79 Å². The number of rotatable bonds is 7. The summed E-state index contributed by atoms with van der Waals surface area (Å²) in [4.78, 5) is 25.2. The number of nitrogens with one attached hydrogen (secondary N) is 1. The average Bonchev–Trinajstić information content (AvgIpc) is 2.68. The van der Waals surface area contributed by atoms with Gasteiger partial charge in [-0.15, -0.1) is 11.8 Å². The number of halogens is 1. The number of benzene rings is 2. The van der Waals surface area contributed by atoms with Gasteiger partial charge in [0, 0.05) is 29.1 Å². The Bertz CT molecular complexity index is 823. The molecule has 6 heteroatoms. The van der Waals surface area contributed by atoms with Gasteiger partial charge in [-0.05, 0) is 49.2 Å². The first-order valence-electron chi connectivity index (χ1n) is 9.05. The Morgan fingerprint density at radius 3 is 2.70 bits per heavy atom. The molecule has 1 aliphatic heterocycles. The molecular formula is C21H22FNO3S. The molecule has 4 nitrogen and oxygen atoms in total. The molecule has 0 aromatic heterocycles. The zero-order valence-electron chi connectivity index (χ0n) is 15.2. The molecule has 1 atom stereocenters. The molecule has 1 amide bonds. The Kier molecular flexibility index (Phi) is 6.50. The fourth-order valence-electron chi connectivity index (χ4n) is 3.08. The quantitative estimate of drug-likeness (QED) is 0.709. The molecule has 0 bridgehead atoms. The number of carbonyl (C=O) groups is 2. The van der Waals surface area contributed by atoms with Crippen molar-refractivity contribution in [3.05, 3.63) is 59.4 Å². The lowest BCUT2D eigenvalue weighted by Crippen LogP contribution is -2.31. The van der Waals surface area contributed by atoms with Gasteiger partial charge in [-0.3, -0.25) is 9.59 Å². The number of Topliss-reactive ketones (excluding diaryl/α,β-unsaturated/α-hetero) is 1. The van der Waals surface area contributed by atoms with Gasteiger partial charge in [0.05, 0.1) is 12.6 Å². The Hall–Kier alpha value is -2.34. The van der Waals surface area contributed by atoms with Crippen molar-refractivity contribution in [1.82, 2.24) is 5.32 Å². The highest BCUT2D eigenvalue weighted by atomic mass is 32.2. The van der Waals surface area contributed by atoms with E-state index < -0.39 is 0 Å². The summed E-state index contributed by atoms with van der Waals surface area (Å²) in [5.74, 6) is 0.944. The van der Waals surface area contributed by atoms with Crippen molar-refractivity contribution in [1.29, 1.82) is 0 Å². The fourth-order valence-corrected chi connectivity index (χ4v) is 4.22. The predicted molar refractivity (Wildman–Crippen MR) is 104 cm³/mol. The summed E-state index contributed by atoms with van der Waals surface area (Å²) in [5, 5.41) is 2.94. The minimum atomic E-state index is -0.248. The van der Waals surface area contributed by atoms with Crippen molar-refractivity contribution < 1.29 is 18.7 Å².